The molecule has 2 aromatic rings. The maximum atomic E-state index is 12.3. The van der Waals surface area contributed by atoms with Crippen LogP contribution in [0.1, 0.15) is 23.1 Å². The van der Waals surface area contributed by atoms with Gasteiger partial charge in [0.15, 0.2) is 0 Å². The Morgan fingerprint density at radius 2 is 1.79 bits per heavy atom. The zero-order chi connectivity index (χ0) is 17.7. The van der Waals surface area contributed by atoms with Gasteiger partial charge in [-0.2, -0.15) is 0 Å². The summed E-state index contributed by atoms with van der Waals surface area (Å²) in [4.78, 5) is 23.7. The number of nitrogens with one attached hydrogen (secondary N) is 1. The highest BCUT2D eigenvalue weighted by atomic mass is 79.9. The van der Waals surface area contributed by atoms with E-state index in [1.165, 1.54) is 0 Å². The molecule has 0 unspecified atom stereocenters. The molecule has 0 radical (unpaired) electrons. The highest BCUT2D eigenvalue weighted by molar-refractivity contribution is 9.10. The quantitative estimate of drug-likeness (QED) is 0.771. The van der Waals surface area contributed by atoms with Crippen LogP contribution < -0.4 is 5.32 Å². The highest BCUT2D eigenvalue weighted by Gasteiger charge is 2.22. The molecule has 2 rings (SSSR count). The molecule has 0 fully saturated rings. The SMILES string of the molecule is Cc1ccc(C)c(NC(=O)C[C@@H](Cc2ccc(Br)cc2)C(=O)O)c1. The van der Waals surface area contributed by atoms with Crippen LogP contribution in [0.25, 0.3) is 0 Å². The van der Waals surface area contributed by atoms with Crippen molar-refractivity contribution in [3.8, 4) is 0 Å². The number of amides is 1. The summed E-state index contributed by atoms with van der Waals surface area (Å²) in [7, 11) is 0. The number of rotatable bonds is 6. The zero-order valence-corrected chi connectivity index (χ0v) is 15.3. The minimum atomic E-state index is -0.964. The minimum Gasteiger partial charge on any atom is -0.481 e. The molecule has 0 bridgehead atoms. The van der Waals surface area contributed by atoms with Gasteiger partial charge in [0.25, 0.3) is 0 Å². The minimum absolute atomic E-state index is 0.0568. The number of hydrogen-bond acceptors (Lipinski definition) is 2. The van der Waals surface area contributed by atoms with Crippen LogP contribution in [0.4, 0.5) is 5.69 Å². The molecule has 1 atom stereocenters. The van der Waals surface area contributed by atoms with Gasteiger partial charge in [0.2, 0.25) is 5.91 Å². The van der Waals surface area contributed by atoms with Gasteiger partial charge in [-0.15, -0.1) is 0 Å². The summed E-state index contributed by atoms with van der Waals surface area (Å²) in [6, 6.07) is 13.2. The fourth-order valence-corrected chi connectivity index (χ4v) is 2.71. The van der Waals surface area contributed by atoms with Crippen molar-refractivity contribution in [1.82, 2.24) is 0 Å². The summed E-state index contributed by atoms with van der Waals surface area (Å²) in [6.45, 7) is 3.86. The van der Waals surface area contributed by atoms with Crippen LogP contribution in [-0.2, 0) is 16.0 Å². The first kappa shape index (κ1) is 18.2. The summed E-state index contributed by atoms with van der Waals surface area (Å²) in [6.07, 6.45) is 0.265. The molecule has 0 heterocycles. The lowest BCUT2D eigenvalue weighted by Crippen LogP contribution is -2.24. The highest BCUT2D eigenvalue weighted by Crippen LogP contribution is 2.19. The lowest BCUT2D eigenvalue weighted by atomic mass is 9.96. The number of anilines is 1. The average molecular weight is 390 g/mol. The van der Waals surface area contributed by atoms with Gasteiger partial charge in [-0.25, -0.2) is 0 Å². The van der Waals surface area contributed by atoms with Crippen molar-refractivity contribution in [3.05, 3.63) is 63.6 Å². The van der Waals surface area contributed by atoms with Crippen LogP contribution in [0, 0.1) is 19.8 Å². The Morgan fingerprint density at radius 1 is 1.12 bits per heavy atom. The average Bonchev–Trinajstić information content (AvgIpc) is 2.52. The number of carboxylic acid groups (broad SMARTS) is 1. The Balaban J connectivity index is 2.04. The first-order valence-electron chi connectivity index (χ1n) is 7.69. The van der Waals surface area contributed by atoms with Crippen molar-refractivity contribution in [2.24, 2.45) is 5.92 Å². The molecule has 1 amide bonds. The normalized spacial score (nSPS) is 11.8. The predicted molar refractivity (Wildman–Crippen MR) is 98.1 cm³/mol. The van der Waals surface area contributed by atoms with Crippen LogP contribution in [0.15, 0.2) is 46.9 Å². The van der Waals surface area contributed by atoms with Crippen molar-refractivity contribution in [2.45, 2.75) is 26.7 Å². The van der Waals surface area contributed by atoms with Gasteiger partial charge in [0, 0.05) is 16.6 Å². The third-order valence-electron chi connectivity index (χ3n) is 3.84. The van der Waals surface area contributed by atoms with Crippen LogP contribution >= 0.6 is 15.9 Å². The molecular formula is C19H20BrNO3. The Kier molecular flexibility index (Phi) is 6.15. The number of carbonyl (C=O) groups is 2. The van der Waals surface area contributed by atoms with E-state index in [0.717, 1.165) is 26.9 Å². The van der Waals surface area contributed by atoms with Crippen molar-refractivity contribution < 1.29 is 14.7 Å². The molecule has 2 aromatic carbocycles. The van der Waals surface area contributed by atoms with Crippen LogP contribution in [0.2, 0.25) is 0 Å². The largest absolute Gasteiger partial charge is 0.481 e. The topological polar surface area (TPSA) is 66.4 Å². The molecule has 0 saturated carbocycles. The maximum Gasteiger partial charge on any atom is 0.307 e. The van der Waals surface area contributed by atoms with E-state index in [2.05, 4.69) is 21.2 Å². The van der Waals surface area contributed by atoms with Crippen LogP contribution in [0.5, 0.6) is 0 Å². The van der Waals surface area contributed by atoms with E-state index in [9.17, 15) is 14.7 Å². The fraction of sp³-hybridized carbons (Fsp3) is 0.263. The van der Waals surface area contributed by atoms with Gasteiger partial charge in [-0.05, 0) is 55.2 Å². The smallest absolute Gasteiger partial charge is 0.307 e. The molecule has 0 aliphatic heterocycles. The van der Waals surface area contributed by atoms with Gasteiger partial charge in [0.05, 0.1) is 5.92 Å². The van der Waals surface area contributed by atoms with Gasteiger partial charge >= 0.3 is 5.97 Å². The lowest BCUT2D eigenvalue weighted by molar-refractivity contribution is -0.143. The van der Waals surface area contributed by atoms with E-state index in [4.69, 9.17) is 0 Å². The van der Waals surface area contributed by atoms with Crippen molar-refractivity contribution in [2.75, 3.05) is 5.32 Å². The summed E-state index contributed by atoms with van der Waals surface area (Å²) in [5, 5.41) is 12.2. The third kappa shape index (κ3) is 5.20. The van der Waals surface area contributed by atoms with Crippen LogP contribution in [0.3, 0.4) is 0 Å². The maximum absolute atomic E-state index is 12.3. The number of aryl methyl sites for hydroxylation is 2. The van der Waals surface area contributed by atoms with Gasteiger partial charge in [0.1, 0.15) is 0 Å². The molecule has 0 aliphatic rings. The molecule has 24 heavy (non-hydrogen) atoms. The second kappa shape index (κ2) is 8.11. The number of benzene rings is 2. The van der Waals surface area contributed by atoms with E-state index in [1.807, 2.05) is 56.3 Å². The van der Waals surface area contributed by atoms with Crippen LogP contribution in [-0.4, -0.2) is 17.0 Å². The van der Waals surface area contributed by atoms with Crippen molar-refractivity contribution in [3.63, 3.8) is 0 Å². The summed E-state index contributed by atoms with van der Waals surface area (Å²) in [5.41, 5.74) is 3.62. The molecule has 126 valence electrons. The van der Waals surface area contributed by atoms with E-state index < -0.39 is 11.9 Å². The molecular weight excluding hydrogens is 370 g/mol. The molecule has 5 heteroatoms. The second-order valence-electron chi connectivity index (χ2n) is 5.94. The second-order valence-corrected chi connectivity index (χ2v) is 6.85. The Morgan fingerprint density at radius 3 is 2.42 bits per heavy atom. The first-order chi connectivity index (χ1) is 11.3. The van der Waals surface area contributed by atoms with Gasteiger partial charge in [-0.3, -0.25) is 9.59 Å². The standard InChI is InChI=1S/C19H20BrNO3/c1-12-3-4-13(2)17(9-12)21-18(22)11-15(19(23)24)10-14-5-7-16(20)8-6-14/h3-9,15H,10-11H2,1-2H3,(H,21,22)(H,23,24)/t15-/m1/s1. The molecule has 0 aromatic heterocycles. The third-order valence-corrected chi connectivity index (χ3v) is 4.37. The summed E-state index contributed by atoms with van der Waals surface area (Å²) in [5.74, 6) is -2.00. The predicted octanol–water partition coefficient (Wildman–Crippen LogP) is 4.34. The Bertz CT molecular complexity index is 741. The van der Waals surface area contributed by atoms with E-state index in [-0.39, 0.29) is 12.3 Å². The number of carbonyl (C=O) groups excluding carboxylic acids is 1. The molecule has 0 spiro atoms. The lowest BCUT2D eigenvalue weighted by Gasteiger charge is -2.14. The van der Waals surface area contributed by atoms with E-state index in [0.29, 0.717) is 6.42 Å². The van der Waals surface area contributed by atoms with E-state index in [1.54, 1.807) is 0 Å². The first-order valence-corrected chi connectivity index (χ1v) is 8.49. The number of aliphatic carboxylic acids is 1. The molecule has 0 saturated heterocycles. The number of carboxylic acids is 1. The zero-order valence-electron chi connectivity index (χ0n) is 13.7. The monoisotopic (exact) mass is 389 g/mol. The van der Waals surface area contributed by atoms with Crippen molar-refractivity contribution >= 4 is 33.5 Å². The Labute approximate surface area is 150 Å². The molecule has 2 N–H and O–H groups in total. The van der Waals surface area contributed by atoms with E-state index >= 15 is 0 Å². The summed E-state index contributed by atoms with van der Waals surface area (Å²) >= 11 is 3.35. The van der Waals surface area contributed by atoms with Gasteiger partial charge in [-0.1, -0.05) is 40.2 Å². The molecule has 0 aliphatic carbocycles. The Hall–Kier alpha value is -2.14. The summed E-state index contributed by atoms with van der Waals surface area (Å²) < 4.78 is 0.936. The van der Waals surface area contributed by atoms with Crippen molar-refractivity contribution in [1.29, 1.82) is 0 Å². The fourth-order valence-electron chi connectivity index (χ4n) is 2.45. The van der Waals surface area contributed by atoms with Gasteiger partial charge < -0.3 is 10.4 Å². The number of hydrogen-bond donors (Lipinski definition) is 2. The number of halogens is 1. The molecule has 4 nitrogen and oxygen atoms in total.